The zero-order valence-corrected chi connectivity index (χ0v) is 21.2. The Labute approximate surface area is 219 Å². The molecule has 1 fully saturated rings. The van der Waals surface area contributed by atoms with Gasteiger partial charge in [-0.25, -0.2) is 14.4 Å². The summed E-state index contributed by atoms with van der Waals surface area (Å²) in [5.74, 6) is 0.777. The Morgan fingerprint density at radius 2 is 1.72 bits per heavy atom. The number of nitrogens with one attached hydrogen (secondary N) is 2. The lowest BCUT2D eigenvalue weighted by Crippen LogP contribution is -2.23. The van der Waals surface area contributed by atoms with Crippen molar-refractivity contribution in [2.24, 2.45) is 0 Å². The van der Waals surface area contributed by atoms with Gasteiger partial charge in [-0.05, 0) is 67.3 Å². The largest absolute Gasteiger partial charge is 0.454 e. The summed E-state index contributed by atoms with van der Waals surface area (Å²) in [6.45, 7) is 0. The zero-order valence-electron chi connectivity index (χ0n) is 19.6. The number of halogens is 2. The van der Waals surface area contributed by atoms with Gasteiger partial charge in [-0.3, -0.25) is 0 Å². The molecule has 5 nitrogen and oxygen atoms in total. The molecule has 0 aliphatic heterocycles. The molecule has 0 amide bonds. The number of hydrogen-bond acceptors (Lipinski definition) is 6. The molecule has 0 radical (unpaired) electrons. The van der Waals surface area contributed by atoms with Crippen LogP contribution in [0.25, 0.3) is 11.3 Å². The number of nitrogens with zero attached hydrogens (tertiary/aromatic N) is 2. The summed E-state index contributed by atoms with van der Waals surface area (Å²) in [6.07, 6.45) is 7.75. The molecule has 1 heterocycles. The minimum atomic E-state index is -0.475. The number of para-hydroxylation sites is 1. The zero-order chi connectivity index (χ0) is 24.7. The van der Waals surface area contributed by atoms with E-state index in [-0.39, 0.29) is 5.75 Å². The van der Waals surface area contributed by atoms with Crippen LogP contribution in [0.1, 0.15) is 32.1 Å². The van der Waals surface area contributed by atoms with Gasteiger partial charge >= 0.3 is 0 Å². The van der Waals surface area contributed by atoms with Gasteiger partial charge in [0.2, 0.25) is 5.95 Å². The maximum Gasteiger partial charge on any atom is 0.223 e. The van der Waals surface area contributed by atoms with E-state index in [4.69, 9.17) is 21.3 Å². The molecule has 1 saturated carbocycles. The van der Waals surface area contributed by atoms with Gasteiger partial charge in [-0.1, -0.05) is 55.1 Å². The van der Waals surface area contributed by atoms with Crippen LogP contribution >= 0.6 is 23.5 Å². The van der Waals surface area contributed by atoms with E-state index in [1.54, 1.807) is 18.3 Å². The van der Waals surface area contributed by atoms with Crippen molar-refractivity contribution in [2.75, 3.05) is 10.0 Å². The average Bonchev–Trinajstić information content (AvgIpc) is 2.91. The van der Waals surface area contributed by atoms with Crippen LogP contribution in [0.3, 0.4) is 0 Å². The van der Waals surface area contributed by atoms with Gasteiger partial charge in [-0.2, -0.15) is 0 Å². The first-order valence-corrected chi connectivity index (χ1v) is 13.2. The molecule has 5 rings (SSSR count). The van der Waals surface area contributed by atoms with Crippen LogP contribution in [0.4, 0.5) is 16.0 Å². The fourth-order valence-electron chi connectivity index (χ4n) is 4.18. The maximum atomic E-state index is 15.0. The first kappa shape index (κ1) is 24.4. The fourth-order valence-corrected chi connectivity index (χ4v) is 5.10. The Kier molecular flexibility index (Phi) is 7.88. The van der Waals surface area contributed by atoms with Gasteiger partial charge in [-0.15, -0.1) is 0 Å². The van der Waals surface area contributed by atoms with E-state index >= 15 is 0 Å². The van der Waals surface area contributed by atoms with E-state index < -0.39 is 5.82 Å². The number of hydrogen-bond donors (Lipinski definition) is 2. The maximum absolute atomic E-state index is 15.0. The minimum Gasteiger partial charge on any atom is -0.454 e. The second-order valence-electron chi connectivity index (χ2n) is 8.62. The third kappa shape index (κ3) is 6.09. The van der Waals surface area contributed by atoms with Crippen LogP contribution in [0.15, 0.2) is 83.9 Å². The molecule has 1 aliphatic rings. The lowest BCUT2D eigenvalue weighted by atomic mass is 9.96. The average molecular weight is 521 g/mol. The number of ether oxygens (including phenoxy) is 1. The second kappa shape index (κ2) is 11.6. The molecule has 0 unspecified atom stereocenters. The van der Waals surface area contributed by atoms with E-state index in [1.807, 2.05) is 54.6 Å². The van der Waals surface area contributed by atoms with Gasteiger partial charge in [0.05, 0.1) is 10.7 Å². The van der Waals surface area contributed by atoms with Crippen LogP contribution in [0.2, 0.25) is 5.02 Å². The summed E-state index contributed by atoms with van der Waals surface area (Å²) in [5.41, 5.74) is 2.09. The Hall–Kier alpha value is -3.29. The minimum absolute atomic E-state index is 0.130. The summed E-state index contributed by atoms with van der Waals surface area (Å²) in [7, 11) is 0. The first-order chi connectivity index (χ1) is 17.7. The van der Waals surface area contributed by atoms with Crippen molar-refractivity contribution >= 4 is 35.2 Å². The van der Waals surface area contributed by atoms with E-state index in [9.17, 15) is 4.39 Å². The molecule has 1 aromatic heterocycles. The van der Waals surface area contributed by atoms with Crippen molar-refractivity contribution in [3.8, 4) is 22.8 Å². The molecule has 3 aromatic carbocycles. The molecule has 36 heavy (non-hydrogen) atoms. The van der Waals surface area contributed by atoms with Crippen molar-refractivity contribution in [3.63, 3.8) is 0 Å². The van der Waals surface area contributed by atoms with Gasteiger partial charge in [0.15, 0.2) is 11.6 Å². The Balaban J connectivity index is 1.31. The lowest BCUT2D eigenvalue weighted by Gasteiger charge is -2.22. The quantitative estimate of drug-likeness (QED) is 0.227. The Morgan fingerprint density at radius 3 is 2.56 bits per heavy atom. The summed E-state index contributed by atoms with van der Waals surface area (Å²) >= 11 is 7.52. The molecule has 0 spiro atoms. The number of anilines is 2. The fraction of sp³-hybridized carbons (Fsp3) is 0.214. The topological polar surface area (TPSA) is 59.1 Å². The summed E-state index contributed by atoms with van der Waals surface area (Å²) in [5, 5.41) is 4.10. The van der Waals surface area contributed by atoms with E-state index in [2.05, 4.69) is 15.0 Å². The predicted molar refractivity (Wildman–Crippen MR) is 145 cm³/mol. The summed E-state index contributed by atoms with van der Waals surface area (Å²) in [6, 6.07) is 22.0. The number of rotatable bonds is 8. The van der Waals surface area contributed by atoms with Gasteiger partial charge in [0.1, 0.15) is 5.75 Å². The third-order valence-corrected chi connectivity index (χ3v) is 7.38. The Bertz CT molecular complexity index is 1330. The molecule has 2 N–H and O–H groups in total. The van der Waals surface area contributed by atoms with Crippen LogP contribution in [0.5, 0.6) is 11.5 Å². The highest BCUT2D eigenvalue weighted by Crippen LogP contribution is 2.35. The molecule has 0 atom stereocenters. The van der Waals surface area contributed by atoms with E-state index in [0.717, 1.165) is 23.3 Å². The van der Waals surface area contributed by atoms with Crippen molar-refractivity contribution < 1.29 is 9.13 Å². The molecule has 0 bridgehead atoms. The van der Waals surface area contributed by atoms with Crippen molar-refractivity contribution in [1.82, 2.24) is 9.97 Å². The summed E-state index contributed by atoms with van der Waals surface area (Å²) < 4.78 is 24.1. The first-order valence-electron chi connectivity index (χ1n) is 12.0. The predicted octanol–water partition coefficient (Wildman–Crippen LogP) is 8.59. The standard InChI is InChI=1S/C28H26ClFN4OS/c29-22-11-5-7-13-27(22)36-34-20-14-15-26(23(30)18-20)35-25-12-6-4-10-21(25)24-16-17-31-28(33-24)32-19-8-2-1-3-9-19/h4-7,10-19,34H,1-3,8-9H2,(H,31,32,33). The van der Waals surface area contributed by atoms with Crippen molar-refractivity contribution in [2.45, 2.75) is 43.0 Å². The molecule has 0 saturated heterocycles. The van der Waals surface area contributed by atoms with Gasteiger partial charge < -0.3 is 14.8 Å². The highest BCUT2D eigenvalue weighted by molar-refractivity contribution is 8.00. The van der Waals surface area contributed by atoms with Crippen molar-refractivity contribution in [3.05, 3.63) is 89.8 Å². The van der Waals surface area contributed by atoms with Crippen LogP contribution in [-0.4, -0.2) is 16.0 Å². The molecule has 4 aromatic rings. The highest BCUT2D eigenvalue weighted by atomic mass is 35.5. The lowest BCUT2D eigenvalue weighted by molar-refractivity contribution is 0.444. The number of aromatic nitrogens is 2. The molecule has 1 aliphatic carbocycles. The molecular weight excluding hydrogens is 495 g/mol. The summed E-state index contributed by atoms with van der Waals surface area (Å²) in [4.78, 5) is 9.98. The normalized spacial score (nSPS) is 13.8. The van der Waals surface area contributed by atoms with E-state index in [1.165, 1.54) is 37.3 Å². The Morgan fingerprint density at radius 1 is 0.917 bits per heavy atom. The number of benzene rings is 3. The monoisotopic (exact) mass is 520 g/mol. The smallest absolute Gasteiger partial charge is 0.223 e. The van der Waals surface area contributed by atoms with Crippen LogP contribution in [-0.2, 0) is 0 Å². The highest BCUT2D eigenvalue weighted by Gasteiger charge is 2.16. The SMILES string of the molecule is Fc1cc(NSc2ccccc2Cl)ccc1Oc1ccccc1-c1ccnc(NC2CCCCC2)n1. The van der Waals surface area contributed by atoms with Gasteiger partial charge in [0, 0.05) is 34.5 Å². The van der Waals surface area contributed by atoms with Crippen LogP contribution in [0, 0.1) is 5.82 Å². The van der Waals surface area contributed by atoms with Crippen LogP contribution < -0.4 is 14.8 Å². The molecular formula is C28H26ClFN4OS. The van der Waals surface area contributed by atoms with E-state index in [0.29, 0.717) is 34.1 Å². The molecule has 184 valence electrons. The van der Waals surface area contributed by atoms with Crippen molar-refractivity contribution in [1.29, 1.82) is 0 Å². The third-order valence-electron chi connectivity index (χ3n) is 6.02. The van der Waals surface area contributed by atoms with Gasteiger partial charge in [0.25, 0.3) is 0 Å². The second-order valence-corrected chi connectivity index (χ2v) is 9.88. The molecule has 8 heteroatoms.